The van der Waals surface area contributed by atoms with Crippen molar-refractivity contribution in [3.05, 3.63) is 0 Å². The molecule has 212 valence electrons. The van der Waals surface area contributed by atoms with Crippen LogP contribution >= 0.6 is 0 Å². The van der Waals surface area contributed by atoms with E-state index in [1.807, 2.05) is 0 Å². The Labute approximate surface area is 269 Å². The molecule has 0 heterocycles. The minimum absolute atomic E-state index is 0. The van der Waals surface area contributed by atoms with Gasteiger partial charge in [-0.05, 0) is 18.8 Å². The largest absolute Gasteiger partial charge is 1.00 e. The maximum Gasteiger partial charge on any atom is 1.00 e. The van der Waals surface area contributed by atoms with Crippen molar-refractivity contribution in [2.24, 2.45) is 5.92 Å². The zero-order chi connectivity index (χ0) is 25.9. The Balaban J connectivity index is 0. The molecular weight excluding hydrogens is 495 g/mol. The molecule has 0 aliphatic heterocycles. The van der Waals surface area contributed by atoms with Crippen molar-refractivity contribution >= 4 is 10.4 Å². The Kier molecular flexibility index (Phi) is 34.2. The van der Waals surface area contributed by atoms with E-state index in [4.69, 9.17) is 0 Å². The van der Waals surface area contributed by atoms with E-state index >= 15 is 0 Å². The van der Waals surface area contributed by atoms with Crippen LogP contribution in [0.5, 0.6) is 0 Å². The summed E-state index contributed by atoms with van der Waals surface area (Å²) in [6, 6.07) is 0. The summed E-state index contributed by atoms with van der Waals surface area (Å²) in [5.41, 5.74) is 0. The molecule has 0 amide bonds. The average Bonchev–Trinajstić information content (AvgIpc) is 2.82. The molecule has 0 radical (unpaired) electrons. The second-order valence-electron chi connectivity index (χ2n) is 10.9. The fourth-order valence-electron chi connectivity index (χ4n) is 5.04. The van der Waals surface area contributed by atoms with E-state index in [0.717, 1.165) is 25.7 Å². The monoisotopic (exact) mass is 556 g/mol. The molecule has 0 aliphatic rings. The van der Waals surface area contributed by atoms with Crippen LogP contribution in [0.3, 0.4) is 0 Å². The van der Waals surface area contributed by atoms with Crippen molar-refractivity contribution in [2.75, 3.05) is 6.61 Å². The third-order valence-electron chi connectivity index (χ3n) is 7.38. The van der Waals surface area contributed by atoms with E-state index < -0.39 is 10.4 Å². The Morgan fingerprint density at radius 3 is 1.00 bits per heavy atom. The first-order valence-electron chi connectivity index (χ1n) is 15.6. The Morgan fingerprint density at radius 1 is 0.500 bits per heavy atom. The number of unbranched alkanes of at least 4 members (excludes halogenated alkanes) is 22. The molecule has 1 unspecified atom stereocenters. The van der Waals surface area contributed by atoms with Gasteiger partial charge >= 0.3 is 51.4 Å². The van der Waals surface area contributed by atoms with Gasteiger partial charge in [-0.2, -0.15) is 0 Å². The van der Waals surface area contributed by atoms with Gasteiger partial charge in [0.05, 0.1) is 6.61 Å². The van der Waals surface area contributed by atoms with Crippen LogP contribution in [0, 0.1) is 5.92 Å². The molecule has 6 heteroatoms. The third-order valence-corrected chi connectivity index (χ3v) is 7.80. The molecule has 4 nitrogen and oxygen atoms in total. The van der Waals surface area contributed by atoms with Gasteiger partial charge < -0.3 is 4.55 Å². The molecule has 0 aromatic heterocycles. The third kappa shape index (κ3) is 33.5. The minimum Gasteiger partial charge on any atom is -0.726 e. The van der Waals surface area contributed by atoms with E-state index in [1.54, 1.807) is 0 Å². The van der Waals surface area contributed by atoms with Crippen LogP contribution in [0.15, 0.2) is 0 Å². The van der Waals surface area contributed by atoms with E-state index in [-0.39, 0.29) is 63.9 Å². The second kappa shape index (κ2) is 31.0. The summed E-state index contributed by atoms with van der Waals surface area (Å²) in [4.78, 5) is 0. The average molecular weight is 557 g/mol. The molecule has 0 aromatic carbocycles. The molecule has 0 saturated carbocycles. The van der Waals surface area contributed by atoms with Crippen molar-refractivity contribution in [3.8, 4) is 0 Å². The van der Waals surface area contributed by atoms with Crippen LogP contribution in [0.25, 0.3) is 0 Å². The molecule has 36 heavy (non-hydrogen) atoms. The van der Waals surface area contributed by atoms with Gasteiger partial charge in [0.15, 0.2) is 0 Å². The first-order valence-corrected chi connectivity index (χ1v) is 16.9. The topological polar surface area (TPSA) is 66.4 Å². The van der Waals surface area contributed by atoms with Gasteiger partial charge in [0.1, 0.15) is 0 Å². The first-order chi connectivity index (χ1) is 17.0. The Bertz CT molecular complexity index is 513. The van der Waals surface area contributed by atoms with Gasteiger partial charge in [-0.1, -0.05) is 168 Å². The fourth-order valence-corrected chi connectivity index (χ4v) is 5.40. The SMILES string of the molecule is CCCCCCCCCCCCCCCCCCCCC(CCCCCCCC)COS(=O)(=O)[O-].[K+]. The van der Waals surface area contributed by atoms with Crippen LogP contribution in [-0.2, 0) is 14.6 Å². The standard InChI is InChI=1S/C30H62O4S.K/c1-3-5-7-9-11-12-13-14-15-16-17-18-19-20-21-22-24-26-28-30(29-34-35(31,32)33)27-25-23-10-8-6-4-2;/h30H,3-29H2,1-2H3,(H,31,32,33);/q;+1/p-1. The zero-order valence-electron chi connectivity index (χ0n) is 24.7. The first kappa shape index (κ1) is 39.6. The summed E-state index contributed by atoms with van der Waals surface area (Å²) in [5, 5.41) is 0. The normalized spacial score (nSPS) is 12.5. The summed E-state index contributed by atoms with van der Waals surface area (Å²) in [6.45, 7) is 4.57. The van der Waals surface area contributed by atoms with E-state index in [1.165, 1.54) is 141 Å². The maximum absolute atomic E-state index is 10.8. The van der Waals surface area contributed by atoms with Crippen molar-refractivity contribution < 1.29 is 68.5 Å². The zero-order valence-corrected chi connectivity index (χ0v) is 28.7. The molecule has 0 saturated heterocycles. The molecular formula is C30H61KO4S. The van der Waals surface area contributed by atoms with Gasteiger partial charge in [-0.15, -0.1) is 0 Å². The van der Waals surface area contributed by atoms with E-state index in [0.29, 0.717) is 0 Å². The number of hydrogen-bond donors (Lipinski definition) is 0. The fraction of sp³-hybridized carbons (Fsp3) is 1.00. The summed E-state index contributed by atoms with van der Waals surface area (Å²) >= 11 is 0. The Morgan fingerprint density at radius 2 is 0.750 bits per heavy atom. The molecule has 0 bridgehead atoms. The van der Waals surface area contributed by atoms with Crippen molar-refractivity contribution in [2.45, 2.75) is 181 Å². The van der Waals surface area contributed by atoms with Crippen LogP contribution in [0.4, 0.5) is 0 Å². The molecule has 1 atom stereocenters. The molecule has 0 fully saturated rings. The summed E-state index contributed by atoms with van der Waals surface area (Å²) in [7, 11) is -4.57. The van der Waals surface area contributed by atoms with Crippen LogP contribution < -0.4 is 51.4 Å². The maximum atomic E-state index is 10.8. The Hall–Kier alpha value is 1.51. The predicted molar refractivity (Wildman–Crippen MR) is 151 cm³/mol. The van der Waals surface area contributed by atoms with Crippen molar-refractivity contribution in [1.29, 1.82) is 0 Å². The number of rotatable bonds is 29. The van der Waals surface area contributed by atoms with Crippen LogP contribution in [0.1, 0.15) is 181 Å². The van der Waals surface area contributed by atoms with Crippen molar-refractivity contribution in [3.63, 3.8) is 0 Å². The number of hydrogen-bond acceptors (Lipinski definition) is 4. The van der Waals surface area contributed by atoms with Gasteiger partial charge in [-0.3, -0.25) is 4.18 Å². The van der Waals surface area contributed by atoms with Crippen LogP contribution in [-0.4, -0.2) is 19.6 Å². The van der Waals surface area contributed by atoms with Gasteiger partial charge in [0, 0.05) is 0 Å². The minimum atomic E-state index is -4.57. The van der Waals surface area contributed by atoms with Crippen LogP contribution in [0.2, 0.25) is 0 Å². The van der Waals surface area contributed by atoms with E-state index in [2.05, 4.69) is 18.0 Å². The van der Waals surface area contributed by atoms with Gasteiger partial charge in [0.25, 0.3) is 0 Å². The molecule has 0 N–H and O–H groups in total. The smallest absolute Gasteiger partial charge is 0.726 e. The van der Waals surface area contributed by atoms with Gasteiger partial charge in [0.2, 0.25) is 10.4 Å². The summed E-state index contributed by atoms with van der Waals surface area (Å²) < 4.78 is 37.1. The van der Waals surface area contributed by atoms with Crippen molar-refractivity contribution in [1.82, 2.24) is 0 Å². The predicted octanol–water partition coefficient (Wildman–Crippen LogP) is 7.27. The summed E-state index contributed by atoms with van der Waals surface area (Å²) in [6.07, 6.45) is 33.9. The second-order valence-corrected chi connectivity index (χ2v) is 12.0. The van der Waals surface area contributed by atoms with E-state index in [9.17, 15) is 13.0 Å². The molecule has 0 aromatic rings. The summed E-state index contributed by atoms with van der Waals surface area (Å²) in [5.74, 6) is 0.200. The molecule has 0 aliphatic carbocycles. The molecule has 0 spiro atoms. The van der Waals surface area contributed by atoms with Gasteiger partial charge in [-0.25, -0.2) is 8.42 Å². The molecule has 0 rings (SSSR count). The quantitative estimate of drug-likeness (QED) is 0.0421.